The number of anilines is 1. The van der Waals surface area contributed by atoms with Crippen molar-refractivity contribution in [2.75, 3.05) is 11.9 Å². The minimum Gasteiger partial charge on any atom is -0.328 e. The van der Waals surface area contributed by atoms with Crippen LogP contribution in [-0.4, -0.2) is 59.8 Å². The van der Waals surface area contributed by atoms with Crippen molar-refractivity contribution in [3.05, 3.63) is 64.9 Å². The molecule has 4 heterocycles. The maximum Gasteiger partial charge on any atom is 0.248 e. The second kappa shape index (κ2) is 9.39. The minimum absolute atomic E-state index is 0.0743. The number of rotatable bonds is 6. The molecule has 0 radical (unpaired) electrons. The molecule has 0 unspecified atom stereocenters. The van der Waals surface area contributed by atoms with Crippen LogP contribution >= 0.6 is 15.9 Å². The number of aromatic nitrogens is 5. The molecule has 11 heteroatoms. The Morgan fingerprint density at radius 2 is 1.89 bits per heavy atom. The fraction of sp³-hybridized carbons (Fsp3) is 0.296. The highest BCUT2D eigenvalue weighted by atomic mass is 79.9. The summed E-state index contributed by atoms with van der Waals surface area (Å²) in [6.45, 7) is 3.73. The minimum atomic E-state index is -0.560. The van der Waals surface area contributed by atoms with Crippen molar-refractivity contribution in [2.24, 2.45) is 11.8 Å². The van der Waals surface area contributed by atoms with Gasteiger partial charge in [0.25, 0.3) is 0 Å². The summed E-state index contributed by atoms with van der Waals surface area (Å²) in [5.74, 6) is 0.924. The molecular formula is C27H24BrN7O3. The van der Waals surface area contributed by atoms with Crippen LogP contribution in [0.2, 0.25) is 0 Å². The van der Waals surface area contributed by atoms with E-state index in [0.29, 0.717) is 45.3 Å². The van der Waals surface area contributed by atoms with Crippen molar-refractivity contribution in [1.82, 2.24) is 29.6 Å². The first-order chi connectivity index (χ1) is 18.3. The van der Waals surface area contributed by atoms with E-state index in [1.54, 1.807) is 40.2 Å². The Kier molecular flexibility index (Phi) is 6.02. The third-order valence-corrected chi connectivity index (χ3v) is 7.63. The number of ketones is 1. The van der Waals surface area contributed by atoms with E-state index in [1.807, 2.05) is 25.1 Å². The van der Waals surface area contributed by atoms with Gasteiger partial charge in [-0.15, -0.1) is 0 Å². The van der Waals surface area contributed by atoms with E-state index in [1.165, 1.54) is 6.92 Å². The molecule has 1 aliphatic carbocycles. The van der Waals surface area contributed by atoms with Gasteiger partial charge < -0.3 is 10.2 Å². The van der Waals surface area contributed by atoms with Crippen LogP contribution in [-0.2, 0) is 16.1 Å². The third-order valence-electron chi connectivity index (χ3n) is 7.19. The zero-order chi connectivity index (χ0) is 26.6. The molecule has 10 nitrogen and oxygen atoms in total. The number of aryl methyl sites for hydroxylation is 1. The molecule has 2 aliphatic rings. The summed E-state index contributed by atoms with van der Waals surface area (Å²) in [6, 6.07) is 10.3. The number of pyridine rings is 1. The molecule has 1 N–H and O–H groups in total. The highest BCUT2D eigenvalue weighted by Gasteiger charge is 2.56. The second-order valence-corrected chi connectivity index (χ2v) is 10.6. The number of nitrogens with one attached hydrogen (secondary N) is 1. The van der Waals surface area contributed by atoms with Crippen molar-refractivity contribution in [3.8, 4) is 11.1 Å². The molecule has 1 saturated carbocycles. The number of carbonyl (C=O) groups is 3. The largest absolute Gasteiger partial charge is 0.328 e. The van der Waals surface area contributed by atoms with Gasteiger partial charge in [0, 0.05) is 36.8 Å². The summed E-state index contributed by atoms with van der Waals surface area (Å²) in [6.07, 6.45) is 4.40. The molecule has 3 atom stereocenters. The lowest BCUT2D eigenvalue weighted by atomic mass is 10.0. The Hall–Kier alpha value is -3.99. The fourth-order valence-electron chi connectivity index (χ4n) is 5.24. The van der Waals surface area contributed by atoms with Crippen LogP contribution < -0.4 is 5.32 Å². The van der Waals surface area contributed by atoms with Gasteiger partial charge in [0.1, 0.15) is 34.5 Å². The van der Waals surface area contributed by atoms with E-state index in [2.05, 4.69) is 41.3 Å². The van der Waals surface area contributed by atoms with Crippen LogP contribution in [0, 0.1) is 18.8 Å². The molecule has 192 valence electrons. The number of amides is 2. The monoisotopic (exact) mass is 573 g/mol. The first-order valence-corrected chi connectivity index (χ1v) is 13.1. The van der Waals surface area contributed by atoms with Gasteiger partial charge in [-0.25, -0.2) is 15.0 Å². The number of hydrogen-bond acceptors (Lipinski definition) is 7. The Morgan fingerprint density at radius 1 is 1.11 bits per heavy atom. The van der Waals surface area contributed by atoms with Crippen molar-refractivity contribution in [1.29, 1.82) is 0 Å². The molecule has 3 aromatic heterocycles. The summed E-state index contributed by atoms with van der Waals surface area (Å²) in [4.78, 5) is 53.6. The molecular weight excluding hydrogens is 550 g/mol. The Balaban J connectivity index is 1.26. The second-order valence-electron chi connectivity index (χ2n) is 9.80. The van der Waals surface area contributed by atoms with Crippen LogP contribution in [0.1, 0.15) is 29.7 Å². The predicted molar refractivity (Wildman–Crippen MR) is 143 cm³/mol. The first-order valence-electron chi connectivity index (χ1n) is 12.3. The molecule has 0 spiro atoms. The van der Waals surface area contributed by atoms with Crippen LogP contribution in [0.15, 0.2) is 53.4 Å². The lowest BCUT2D eigenvalue weighted by Crippen LogP contribution is -2.47. The number of benzene rings is 1. The Bertz CT molecular complexity index is 1600. The quantitative estimate of drug-likeness (QED) is 0.276. The van der Waals surface area contributed by atoms with Gasteiger partial charge in [-0.05, 0) is 70.9 Å². The van der Waals surface area contributed by atoms with Crippen LogP contribution in [0.4, 0.5) is 5.82 Å². The van der Waals surface area contributed by atoms with Gasteiger partial charge in [-0.2, -0.15) is 5.10 Å². The van der Waals surface area contributed by atoms with Crippen LogP contribution in [0.5, 0.6) is 0 Å². The number of nitrogens with zero attached hydrogens (tertiary/aromatic N) is 6. The van der Waals surface area contributed by atoms with Gasteiger partial charge in [0.05, 0.1) is 5.52 Å². The molecule has 6 rings (SSSR count). The van der Waals surface area contributed by atoms with E-state index < -0.39 is 6.04 Å². The van der Waals surface area contributed by atoms with Gasteiger partial charge in [0.2, 0.25) is 11.8 Å². The van der Waals surface area contributed by atoms with Crippen molar-refractivity contribution in [3.63, 3.8) is 0 Å². The molecule has 0 bridgehead atoms. The highest BCUT2D eigenvalue weighted by molar-refractivity contribution is 9.10. The standard InChI is InChI=1S/C27H24BrN7O3/c1-14(36)25-20-8-16(18-10-29-15(2)30-11-18)6-7-21(20)35(33-25)13-24(37)34-12-17-9-19(17)26(34)27(38)32-23-5-3-4-22(28)31-23/h3-8,10-11,17,19,26H,9,12-13H2,1-2H3,(H,31,32,38)/t17-,19-,26+/m0/s1. The molecule has 2 amide bonds. The smallest absolute Gasteiger partial charge is 0.248 e. The van der Waals surface area contributed by atoms with Gasteiger partial charge in [-0.3, -0.25) is 19.1 Å². The predicted octanol–water partition coefficient (Wildman–Crippen LogP) is 3.65. The number of likely N-dealkylation sites (tertiary alicyclic amines) is 1. The Labute approximate surface area is 226 Å². The van der Waals surface area contributed by atoms with E-state index >= 15 is 0 Å². The fourth-order valence-corrected chi connectivity index (χ4v) is 5.58. The third kappa shape index (κ3) is 4.47. The van der Waals surface area contributed by atoms with E-state index in [0.717, 1.165) is 17.5 Å². The lowest BCUT2D eigenvalue weighted by molar-refractivity contribution is -0.138. The van der Waals surface area contributed by atoms with E-state index in [-0.39, 0.29) is 30.1 Å². The summed E-state index contributed by atoms with van der Waals surface area (Å²) < 4.78 is 2.17. The van der Waals surface area contributed by atoms with Gasteiger partial charge in [0.15, 0.2) is 5.78 Å². The lowest BCUT2D eigenvalue weighted by Gasteiger charge is -2.26. The average Bonchev–Trinajstić information content (AvgIpc) is 3.39. The molecule has 1 saturated heterocycles. The number of piperidine rings is 1. The zero-order valence-corrected chi connectivity index (χ0v) is 22.3. The molecule has 1 aromatic carbocycles. The van der Waals surface area contributed by atoms with Crippen molar-refractivity contribution >= 4 is 50.2 Å². The van der Waals surface area contributed by atoms with Gasteiger partial charge in [-0.1, -0.05) is 12.1 Å². The number of hydrogen-bond donors (Lipinski definition) is 1. The maximum atomic E-state index is 13.5. The number of carbonyl (C=O) groups excluding carboxylic acids is 3. The summed E-state index contributed by atoms with van der Waals surface area (Å²) >= 11 is 3.31. The SMILES string of the molecule is CC(=O)c1nn(CC(=O)N2C[C@@H]3C[C@@H]3[C@@H]2C(=O)Nc2cccc(Br)n2)c2ccc(-c3cnc(C)nc3)cc12. The average molecular weight is 574 g/mol. The molecule has 1 aliphatic heterocycles. The van der Waals surface area contributed by atoms with Crippen molar-refractivity contribution in [2.45, 2.75) is 32.9 Å². The summed E-state index contributed by atoms with van der Waals surface area (Å²) in [5, 5.41) is 8.01. The number of halogens is 1. The zero-order valence-electron chi connectivity index (χ0n) is 20.8. The van der Waals surface area contributed by atoms with E-state index in [9.17, 15) is 14.4 Å². The molecule has 4 aromatic rings. The molecule has 2 fully saturated rings. The topological polar surface area (TPSA) is 123 Å². The number of fused-ring (bicyclic) bond motifs is 2. The maximum absolute atomic E-state index is 13.5. The summed E-state index contributed by atoms with van der Waals surface area (Å²) in [7, 11) is 0. The van der Waals surface area contributed by atoms with Crippen LogP contribution in [0.3, 0.4) is 0 Å². The number of Topliss-reactive ketones (excluding diaryl/α,β-unsaturated/α-hetero) is 1. The Morgan fingerprint density at radius 3 is 2.63 bits per heavy atom. The van der Waals surface area contributed by atoms with Crippen molar-refractivity contribution < 1.29 is 14.4 Å². The normalized spacial score (nSPS) is 19.9. The molecule has 38 heavy (non-hydrogen) atoms. The van der Waals surface area contributed by atoms with Gasteiger partial charge >= 0.3 is 0 Å². The van der Waals surface area contributed by atoms with Crippen LogP contribution in [0.25, 0.3) is 22.0 Å². The first kappa shape index (κ1) is 24.4. The highest BCUT2D eigenvalue weighted by Crippen LogP contribution is 2.50. The summed E-state index contributed by atoms with van der Waals surface area (Å²) in [5.41, 5.74) is 2.63. The van der Waals surface area contributed by atoms with E-state index in [4.69, 9.17) is 0 Å².